The van der Waals surface area contributed by atoms with E-state index in [1.165, 1.54) is 0 Å². The van der Waals surface area contributed by atoms with Crippen LogP contribution in [0, 0.1) is 0 Å². The average Bonchev–Trinajstić information content (AvgIpc) is 2.95. The lowest BCUT2D eigenvalue weighted by Crippen LogP contribution is -2.53. The van der Waals surface area contributed by atoms with E-state index >= 15 is 0 Å². The summed E-state index contributed by atoms with van der Waals surface area (Å²) >= 11 is 0. The number of piperidine rings is 1. The Morgan fingerprint density at radius 1 is 1.25 bits per heavy atom. The molecule has 0 spiro atoms. The van der Waals surface area contributed by atoms with Gasteiger partial charge in [-0.05, 0) is 25.8 Å². The maximum atomic E-state index is 12.8. The first-order chi connectivity index (χ1) is 9.59. The number of hydrogen-bond donors (Lipinski definition) is 1. The Bertz CT molecular complexity index is 402. The molecule has 2 rings (SSSR count). The lowest BCUT2D eigenvalue weighted by molar-refractivity contribution is 0.114. The highest BCUT2D eigenvalue weighted by atomic mass is 32.2. The molecule has 2 aliphatic rings. The van der Waals surface area contributed by atoms with Crippen LogP contribution < -0.4 is 5.32 Å². The van der Waals surface area contributed by atoms with E-state index in [1.807, 2.05) is 6.92 Å². The Labute approximate surface area is 122 Å². The van der Waals surface area contributed by atoms with Gasteiger partial charge in [-0.15, -0.1) is 0 Å². The zero-order valence-corrected chi connectivity index (χ0v) is 13.4. The van der Waals surface area contributed by atoms with Gasteiger partial charge in [0.25, 0.3) is 10.2 Å². The van der Waals surface area contributed by atoms with Gasteiger partial charge in [-0.25, -0.2) is 0 Å². The second kappa shape index (κ2) is 7.17. The fourth-order valence-corrected chi connectivity index (χ4v) is 4.94. The van der Waals surface area contributed by atoms with Crippen LogP contribution >= 0.6 is 0 Å². The van der Waals surface area contributed by atoms with Crippen LogP contribution in [0.4, 0.5) is 0 Å². The molecule has 1 N–H and O–H groups in total. The summed E-state index contributed by atoms with van der Waals surface area (Å²) in [4.78, 5) is 0. The van der Waals surface area contributed by atoms with E-state index < -0.39 is 10.2 Å². The van der Waals surface area contributed by atoms with E-state index in [9.17, 15) is 8.42 Å². The summed E-state index contributed by atoms with van der Waals surface area (Å²) in [6.45, 7) is 5.38. The maximum absolute atomic E-state index is 12.8. The first-order valence-electron chi connectivity index (χ1n) is 7.60. The lowest BCUT2D eigenvalue weighted by atomic mass is 10.1. The molecule has 2 unspecified atom stereocenters. The number of methoxy groups -OCH3 is 1. The van der Waals surface area contributed by atoms with Gasteiger partial charge in [-0.1, -0.05) is 13.3 Å². The van der Waals surface area contributed by atoms with E-state index in [2.05, 4.69) is 5.32 Å². The van der Waals surface area contributed by atoms with Crippen LogP contribution in [0.3, 0.4) is 0 Å². The molecular weight excluding hydrogens is 278 g/mol. The second-order valence-electron chi connectivity index (χ2n) is 5.58. The zero-order chi connectivity index (χ0) is 14.6. The van der Waals surface area contributed by atoms with Crippen LogP contribution in [0.15, 0.2) is 0 Å². The maximum Gasteiger partial charge on any atom is 0.282 e. The number of nitrogens with zero attached hydrogens (tertiary/aromatic N) is 2. The van der Waals surface area contributed by atoms with Crippen molar-refractivity contribution in [2.75, 3.05) is 39.8 Å². The van der Waals surface area contributed by atoms with Crippen LogP contribution in [0.25, 0.3) is 0 Å². The van der Waals surface area contributed by atoms with E-state index in [0.29, 0.717) is 19.6 Å². The number of hydrogen-bond acceptors (Lipinski definition) is 4. The summed E-state index contributed by atoms with van der Waals surface area (Å²) in [5.74, 6) is 0. The molecule has 2 heterocycles. The molecule has 6 nitrogen and oxygen atoms in total. The number of rotatable bonds is 6. The fraction of sp³-hybridized carbons (Fsp3) is 1.00. The van der Waals surface area contributed by atoms with Crippen molar-refractivity contribution in [1.82, 2.24) is 13.9 Å². The molecular formula is C13H27N3O3S. The minimum atomic E-state index is -3.34. The third-order valence-electron chi connectivity index (χ3n) is 4.27. The first-order valence-corrected chi connectivity index (χ1v) is 8.99. The molecule has 0 amide bonds. The largest absolute Gasteiger partial charge is 0.380 e. The predicted octanol–water partition coefficient (Wildman–Crippen LogP) is 0.416. The Morgan fingerprint density at radius 3 is 2.70 bits per heavy atom. The smallest absolute Gasteiger partial charge is 0.282 e. The van der Waals surface area contributed by atoms with Crippen molar-refractivity contribution in [2.24, 2.45) is 0 Å². The van der Waals surface area contributed by atoms with Gasteiger partial charge in [0, 0.05) is 39.3 Å². The van der Waals surface area contributed by atoms with Crippen molar-refractivity contribution in [3.05, 3.63) is 0 Å². The van der Waals surface area contributed by atoms with Crippen molar-refractivity contribution in [1.29, 1.82) is 0 Å². The molecule has 0 aromatic rings. The zero-order valence-electron chi connectivity index (χ0n) is 12.5. The van der Waals surface area contributed by atoms with E-state index in [0.717, 1.165) is 38.8 Å². The summed E-state index contributed by atoms with van der Waals surface area (Å²) in [7, 11) is -1.69. The molecule has 20 heavy (non-hydrogen) atoms. The normalized spacial score (nSPS) is 29.9. The van der Waals surface area contributed by atoms with Crippen molar-refractivity contribution in [3.8, 4) is 0 Å². The minimum absolute atomic E-state index is 0.0433. The highest BCUT2D eigenvalue weighted by molar-refractivity contribution is 7.86. The summed E-state index contributed by atoms with van der Waals surface area (Å²) in [5, 5.41) is 3.28. The average molecular weight is 305 g/mol. The fourth-order valence-electron chi connectivity index (χ4n) is 3.04. The first kappa shape index (κ1) is 16.2. The quantitative estimate of drug-likeness (QED) is 0.772. The van der Waals surface area contributed by atoms with Gasteiger partial charge in [-0.3, -0.25) is 0 Å². The molecule has 0 aliphatic carbocycles. The summed E-state index contributed by atoms with van der Waals surface area (Å²) < 4.78 is 34.2. The van der Waals surface area contributed by atoms with Crippen LogP contribution in [0.5, 0.6) is 0 Å². The predicted molar refractivity (Wildman–Crippen MR) is 78.8 cm³/mol. The van der Waals surface area contributed by atoms with Crippen molar-refractivity contribution in [2.45, 2.75) is 44.8 Å². The molecule has 0 aromatic heterocycles. The highest BCUT2D eigenvalue weighted by Gasteiger charge is 2.39. The van der Waals surface area contributed by atoms with Crippen molar-refractivity contribution >= 4 is 10.2 Å². The van der Waals surface area contributed by atoms with Gasteiger partial charge in [0.15, 0.2) is 0 Å². The third kappa shape index (κ3) is 3.51. The van der Waals surface area contributed by atoms with Gasteiger partial charge in [0.1, 0.15) is 0 Å². The van der Waals surface area contributed by atoms with Crippen LogP contribution in [0.1, 0.15) is 32.6 Å². The van der Waals surface area contributed by atoms with Gasteiger partial charge >= 0.3 is 0 Å². The Kier molecular flexibility index (Phi) is 5.80. The molecule has 2 saturated heterocycles. The van der Waals surface area contributed by atoms with Crippen LogP contribution in [-0.4, -0.2) is 69.0 Å². The van der Waals surface area contributed by atoms with E-state index in [1.54, 1.807) is 15.7 Å². The number of nitrogens with one attached hydrogen (secondary N) is 1. The third-order valence-corrected chi connectivity index (χ3v) is 6.32. The molecule has 2 aliphatic heterocycles. The second-order valence-corrected chi connectivity index (χ2v) is 7.46. The molecule has 2 fully saturated rings. The van der Waals surface area contributed by atoms with Gasteiger partial charge in [0.2, 0.25) is 0 Å². The van der Waals surface area contributed by atoms with Crippen LogP contribution in [0.2, 0.25) is 0 Å². The number of likely N-dealkylation sites (N-methyl/N-ethyl adjacent to an activating group) is 1. The molecule has 0 radical (unpaired) electrons. The molecule has 118 valence electrons. The summed E-state index contributed by atoms with van der Waals surface area (Å²) in [6.07, 6.45) is 3.86. The topological polar surface area (TPSA) is 61.9 Å². The Morgan fingerprint density at radius 2 is 2.05 bits per heavy atom. The Balaban J connectivity index is 2.05. The Hall–Kier alpha value is -0.210. The monoisotopic (exact) mass is 305 g/mol. The highest BCUT2D eigenvalue weighted by Crippen LogP contribution is 2.25. The summed E-state index contributed by atoms with van der Waals surface area (Å²) in [5.41, 5.74) is 0. The SMILES string of the molecule is CCNCC1CCCCN1S(=O)(=O)N1CCC(OC)C1. The number of ether oxygens (including phenoxy) is 1. The van der Waals surface area contributed by atoms with Crippen LogP contribution in [-0.2, 0) is 14.9 Å². The van der Waals surface area contributed by atoms with Gasteiger partial charge in [-0.2, -0.15) is 17.0 Å². The van der Waals surface area contributed by atoms with Crippen molar-refractivity contribution in [3.63, 3.8) is 0 Å². The molecule has 7 heteroatoms. The van der Waals surface area contributed by atoms with Gasteiger partial charge < -0.3 is 10.1 Å². The van der Waals surface area contributed by atoms with Gasteiger partial charge in [0.05, 0.1) is 6.10 Å². The minimum Gasteiger partial charge on any atom is -0.380 e. The molecule has 0 aromatic carbocycles. The summed E-state index contributed by atoms with van der Waals surface area (Å²) in [6, 6.07) is 0.0929. The van der Waals surface area contributed by atoms with E-state index in [-0.39, 0.29) is 12.1 Å². The lowest BCUT2D eigenvalue weighted by Gasteiger charge is -2.37. The van der Waals surface area contributed by atoms with Crippen molar-refractivity contribution < 1.29 is 13.2 Å². The molecule has 0 saturated carbocycles. The molecule has 2 atom stereocenters. The standard InChI is InChI=1S/C13H27N3O3S/c1-3-14-10-12-6-4-5-8-16(12)20(17,18)15-9-7-13(11-15)19-2/h12-14H,3-11H2,1-2H3. The molecule has 0 bridgehead atoms. The van der Waals surface area contributed by atoms with E-state index in [4.69, 9.17) is 4.74 Å².